The zero-order valence-electron chi connectivity index (χ0n) is 16.8. The molecule has 0 aromatic heterocycles. The van der Waals surface area contributed by atoms with E-state index in [1.165, 1.54) is 0 Å². The van der Waals surface area contributed by atoms with E-state index >= 15 is 0 Å². The molecule has 2 rings (SSSR count). The highest BCUT2D eigenvalue weighted by Gasteiger charge is 2.16. The van der Waals surface area contributed by atoms with Gasteiger partial charge in [0.15, 0.2) is 0 Å². The standard InChI is InChI=1S/C22H29N3O3/c1-4-8-20(17-9-6-5-7-10-17)24-22(27)16-25(2)15-21(26)23-18-11-13-19(28-3)14-12-18/h5-7,9-14,20H,4,8,15-16H2,1-3H3,(H,23,26)(H,24,27)/t20-/m1/s1. The third-order valence-corrected chi connectivity index (χ3v) is 4.32. The van der Waals surface area contributed by atoms with E-state index in [9.17, 15) is 9.59 Å². The summed E-state index contributed by atoms with van der Waals surface area (Å²) in [6.45, 7) is 2.38. The number of ether oxygens (including phenoxy) is 1. The van der Waals surface area contributed by atoms with Crippen LogP contribution in [-0.4, -0.2) is 44.0 Å². The van der Waals surface area contributed by atoms with E-state index in [4.69, 9.17) is 4.74 Å². The molecule has 0 aliphatic heterocycles. The quantitative estimate of drug-likeness (QED) is 0.661. The van der Waals surface area contributed by atoms with Crippen molar-refractivity contribution in [2.24, 2.45) is 0 Å². The van der Waals surface area contributed by atoms with Gasteiger partial charge in [-0.2, -0.15) is 0 Å². The summed E-state index contributed by atoms with van der Waals surface area (Å²) in [5, 5.41) is 5.89. The number of methoxy groups -OCH3 is 1. The largest absolute Gasteiger partial charge is 0.497 e. The van der Waals surface area contributed by atoms with Crippen LogP contribution in [-0.2, 0) is 9.59 Å². The van der Waals surface area contributed by atoms with E-state index in [1.807, 2.05) is 30.3 Å². The minimum Gasteiger partial charge on any atom is -0.497 e. The van der Waals surface area contributed by atoms with E-state index in [-0.39, 0.29) is 30.9 Å². The Bertz CT molecular complexity index is 747. The molecule has 6 heteroatoms. The molecule has 0 unspecified atom stereocenters. The summed E-state index contributed by atoms with van der Waals surface area (Å²) in [6, 6.07) is 17.0. The van der Waals surface area contributed by atoms with Crippen molar-refractivity contribution in [3.8, 4) is 5.75 Å². The molecule has 0 aliphatic carbocycles. The van der Waals surface area contributed by atoms with Gasteiger partial charge in [-0.3, -0.25) is 14.5 Å². The van der Waals surface area contributed by atoms with Crippen LogP contribution in [0.15, 0.2) is 54.6 Å². The maximum Gasteiger partial charge on any atom is 0.238 e. The molecule has 0 aliphatic rings. The molecule has 2 aromatic carbocycles. The highest BCUT2D eigenvalue weighted by Crippen LogP contribution is 2.18. The number of rotatable bonds is 10. The lowest BCUT2D eigenvalue weighted by Gasteiger charge is -2.21. The van der Waals surface area contributed by atoms with Crippen molar-refractivity contribution in [2.75, 3.05) is 32.6 Å². The SMILES string of the molecule is CCC[C@@H](NC(=O)CN(C)CC(=O)Nc1ccc(OC)cc1)c1ccccc1. The number of hydrogen-bond acceptors (Lipinski definition) is 4. The number of nitrogens with one attached hydrogen (secondary N) is 2. The van der Waals surface area contributed by atoms with Crippen LogP contribution in [0.4, 0.5) is 5.69 Å². The molecule has 2 amide bonds. The van der Waals surface area contributed by atoms with Crippen molar-refractivity contribution < 1.29 is 14.3 Å². The monoisotopic (exact) mass is 383 g/mol. The van der Waals surface area contributed by atoms with E-state index in [0.717, 1.165) is 24.2 Å². The number of amides is 2. The Morgan fingerprint density at radius 2 is 1.64 bits per heavy atom. The fraction of sp³-hybridized carbons (Fsp3) is 0.364. The molecule has 0 spiro atoms. The predicted molar refractivity (Wildman–Crippen MR) is 111 cm³/mol. The maximum absolute atomic E-state index is 12.4. The summed E-state index contributed by atoms with van der Waals surface area (Å²) < 4.78 is 5.10. The average Bonchev–Trinajstić information content (AvgIpc) is 2.68. The first-order chi connectivity index (χ1) is 13.5. The van der Waals surface area contributed by atoms with E-state index in [0.29, 0.717) is 5.69 Å². The van der Waals surface area contributed by atoms with Crippen LogP contribution in [0.2, 0.25) is 0 Å². The molecule has 2 N–H and O–H groups in total. The number of carbonyl (C=O) groups excluding carboxylic acids is 2. The Hall–Kier alpha value is -2.86. The van der Waals surface area contributed by atoms with Gasteiger partial charge in [0.05, 0.1) is 26.2 Å². The van der Waals surface area contributed by atoms with Crippen molar-refractivity contribution in [1.29, 1.82) is 0 Å². The van der Waals surface area contributed by atoms with Gasteiger partial charge in [-0.05, 0) is 43.3 Å². The third kappa shape index (κ3) is 7.04. The van der Waals surface area contributed by atoms with Crippen molar-refractivity contribution in [3.63, 3.8) is 0 Å². The zero-order chi connectivity index (χ0) is 20.4. The molecular weight excluding hydrogens is 354 g/mol. The third-order valence-electron chi connectivity index (χ3n) is 4.32. The van der Waals surface area contributed by atoms with Crippen LogP contribution in [0.3, 0.4) is 0 Å². The molecule has 150 valence electrons. The maximum atomic E-state index is 12.4. The number of nitrogens with zero attached hydrogens (tertiary/aromatic N) is 1. The van der Waals surface area contributed by atoms with Crippen molar-refractivity contribution >= 4 is 17.5 Å². The van der Waals surface area contributed by atoms with Crippen LogP contribution in [0, 0.1) is 0 Å². The fourth-order valence-corrected chi connectivity index (χ4v) is 2.96. The lowest BCUT2D eigenvalue weighted by atomic mass is 10.0. The second-order valence-corrected chi connectivity index (χ2v) is 6.77. The molecule has 0 bridgehead atoms. The number of hydrogen-bond donors (Lipinski definition) is 2. The topological polar surface area (TPSA) is 70.7 Å². The van der Waals surface area contributed by atoms with Crippen molar-refractivity contribution in [1.82, 2.24) is 10.2 Å². The molecule has 0 saturated heterocycles. The highest BCUT2D eigenvalue weighted by atomic mass is 16.5. The van der Waals surface area contributed by atoms with Crippen LogP contribution in [0.1, 0.15) is 31.4 Å². The molecule has 1 atom stereocenters. The summed E-state index contributed by atoms with van der Waals surface area (Å²) in [5.41, 5.74) is 1.79. The van der Waals surface area contributed by atoms with Gasteiger partial charge >= 0.3 is 0 Å². The van der Waals surface area contributed by atoms with Crippen LogP contribution in [0.5, 0.6) is 5.75 Å². The molecule has 0 radical (unpaired) electrons. The lowest BCUT2D eigenvalue weighted by Crippen LogP contribution is -2.40. The van der Waals surface area contributed by atoms with Gasteiger partial charge in [-0.1, -0.05) is 43.7 Å². The Morgan fingerprint density at radius 3 is 2.25 bits per heavy atom. The minimum absolute atomic E-state index is 0.0137. The smallest absolute Gasteiger partial charge is 0.238 e. The van der Waals surface area contributed by atoms with Crippen LogP contribution in [0.25, 0.3) is 0 Å². The van der Waals surface area contributed by atoms with Gasteiger partial charge in [-0.25, -0.2) is 0 Å². The summed E-state index contributed by atoms with van der Waals surface area (Å²) >= 11 is 0. The van der Waals surface area contributed by atoms with Gasteiger partial charge in [0, 0.05) is 5.69 Å². The molecule has 0 fully saturated rings. The zero-order valence-corrected chi connectivity index (χ0v) is 16.8. The normalized spacial score (nSPS) is 11.7. The van der Waals surface area contributed by atoms with E-state index in [1.54, 1.807) is 43.3 Å². The number of likely N-dealkylation sites (N-methyl/N-ethyl adjacent to an activating group) is 1. The highest BCUT2D eigenvalue weighted by molar-refractivity contribution is 5.92. The van der Waals surface area contributed by atoms with Gasteiger partial charge < -0.3 is 15.4 Å². The van der Waals surface area contributed by atoms with Gasteiger partial charge in [0.1, 0.15) is 5.75 Å². The number of anilines is 1. The molecule has 0 heterocycles. The first-order valence-electron chi connectivity index (χ1n) is 9.48. The van der Waals surface area contributed by atoms with Crippen LogP contribution < -0.4 is 15.4 Å². The summed E-state index contributed by atoms with van der Waals surface area (Å²) in [6.07, 6.45) is 1.84. The molecule has 28 heavy (non-hydrogen) atoms. The Labute approximate surface area is 166 Å². The van der Waals surface area contributed by atoms with Crippen molar-refractivity contribution in [2.45, 2.75) is 25.8 Å². The van der Waals surface area contributed by atoms with Gasteiger partial charge in [0.2, 0.25) is 11.8 Å². The Morgan fingerprint density at radius 1 is 1.00 bits per heavy atom. The van der Waals surface area contributed by atoms with Crippen molar-refractivity contribution in [3.05, 3.63) is 60.2 Å². The van der Waals surface area contributed by atoms with Crippen LogP contribution >= 0.6 is 0 Å². The second-order valence-electron chi connectivity index (χ2n) is 6.77. The second kappa shape index (κ2) is 11.1. The van der Waals surface area contributed by atoms with E-state index < -0.39 is 0 Å². The molecule has 6 nitrogen and oxygen atoms in total. The Balaban J connectivity index is 1.82. The molecule has 2 aromatic rings. The summed E-state index contributed by atoms with van der Waals surface area (Å²) in [5.74, 6) is 0.461. The summed E-state index contributed by atoms with van der Waals surface area (Å²) in [7, 11) is 3.35. The first-order valence-corrected chi connectivity index (χ1v) is 9.48. The minimum atomic E-state index is -0.173. The summed E-state index contributed by atoms with van der Waals surface area (Å²) in [4.78, 5) is 26.3. The lowest BCUT2D eigenvalue weighted by molar-refractivity contribution is -0.123. The average molecular weight is 383 g/mol. The Kier molecular flexibility index (Phi) is 8.49. The number of benzene rings is 2. The molecular formula is C22H29N3O3. The van der Waals surface area contributed by atoms with Gasteiger partial charge in [-0.15, -0.1) is 0 Å². The number of carbonyl (C=O) groups is 2. The predicted octanol–water partition coefficient (Wildman–Crippen LogP) is 3.22. The van der Waals surface area contributed by atoms with E-state index in [2.05, 4.69) is 17.6 Å². The first kappa shape index (κ1) is 21.4. The van der Waals surface area contributed by atoms with Gasteiger partial charge in [0.25, 0.3) is 0 Å². The molecule has 0 saturated carbocycles. The fourth-order valence-electron chi connectivity index (χ4n) is 2.96.